The van der Waals surface area contributed by atoms with Crippen molar-refractivity contribution in [1.29, 1.82) is 0 Å². The van der Waals surface area contributed by atoms with E-state index in [1.54, 1.807) is 24.3 Å². The molecule has 0 fully saturated rings. The Morgan fingerprint density at radius 1 is 1.26 bits per heavy atom. The third-order valence-electron chi connectivity index (χ3n) is 3.12. The number of ether oxygens (including phenoxy) is 1. The zero-order valence-corrected chi connectivity index (χ0v) is 14.7. The fourth-order valence-corrected chi connectivity index (χ4v) is 3.37. The molecule has 1 aliphatic heterocycles. The molecule has 2 N–H and O–H groups in total. The third kappa shape index (κ3) is 3.11. The second kappa shape index (κ2) is 6.71. The van der Waals surface area contributed by atoms with Gasteiger partial charge in [-0.05, 0) is 6.07 Å². The van der Waals surface area contributed by atoms with E-state index in [9.17, 15) is 24.6 Å². The van der Waals surface area contributed by atoms with Crippen LogP contribution in [-0.2, 0) is 16.2 Å². The number of hydrogen-bond acceptors (Lipinski definition) is 6. The van der Waals surface area contributed by atoms with Gasteiger partial charge < -0.3 is 25.1 Å². The molecule has 0 atom stereocenters. The fourth-order valence-electron chi connectivity index (χ4n) is 2.25. The molecule has 112 valence electrons. The largest absolute Gasteiger partial charge is 1.00 e. The average Bonchev–Trinajstić information content (AvgIpc) is 2.85. The number of fused-ring (bicyclic) bond motifs is 3. The Labute approximate surface area is 156 Å². The van der Waals surface area contributed by atoms with Crippen molar-refractivity contribution in [1.82, 2.24) is 0 Å². The normalized spacial score (nSPS) is 11.3. The van der Waals surface area contributed by atoms with Crippen molar-refractivity contribution in [3.63, 3.8) is 0 Å². The molecule has 0 aliphatic carbocycles. The van der Waals surface area contributed by atoms with Crippen LogP contribution in [-0.4, -0.2) is 23.0 Å². The van der Waals surface area contributed by atoms with Gasteiger partial charge in [0.2, 0.25) is 0 Å². The van der Waals surface area contributed by atoms with Crippen LogP contribution >= 0.6 is 11.3 Å². The molecule has 23 heavy (non-hydrogen) atoms. The number of carbonyl (C=O) groups is 3. The Morgan fingerprint density at radius 2 is 1.96 bits per heavy atom. The number of rotatable bonds is 2. The number of nitrogens with one attached hydrogen (secondary N) is 1. The van der Waals surface area contributed by atoms with Gasteiger partial charge in [-0.25, -0.2) is 4.79 Å². The molecule has 2 aromatic rings. The molecule has 0 unspecified atom stereocenters. The molecule has 3 rings (SSSR count). The van der Waals surface area contributed by atoms with E-state index < -0.39 is 17.8 Å². The van der Waals surface area contributed by atoms with Gasteiger partial charge in [0.15, 0.2) is 0 Å². The first-order valence-electron chi connectivity index (χ1n) is 6.12. The smallest absolute Gasteiger partial charge is 0.540 e. The molecule has 0 bridgehead atoms. The van der Waals surface area contributed by atoms with Crippen molar-refractivity contribution in [2.24, 2.45) is 0 Å². The topological polar surface area (TPSA) is 116 Å². The summed E-state index contributed by atoms with van der Waals surface area (Å²) >= 11 is 0.971. The molecule has 7 nitrogen and oxygen atoms in total. The van der Waals surface area contributed by atoms with Gasteiger partial charge in [0.05, 0.1) is 4.88 Å². The Bertz CT molecular complexity index is 816. The maximum atomic E-state index is 11.6. The van der Waals surface area contributed by atoms with E-state index in [1.807, 2.05) is 0 Å². The van der Waals surface area contributed by atoms with Crippen molar-refractivity contribution >= 4 is 34.2 Å². The second-order valence-corrected chi connectivity index (χ2v) is 5.54. The minimum Gasteiger partial charge on any atom is -0.540 e. The zero-order valence-electron chi connectivity index (χ0n) is 11.9. The molecule has 1 amide bonds. The number of aromatic carboxylic acids is 1. The summed E-state index contributed by atoms with van der Waals surface area (Å²) in [6.07, 6.45) is 0. The van der Waals surface area contributed by atoms with E-state index in [-0.39, 0.29) is 46.7 Å². The predicted octanol–water partition coefficient (Wildman–Crippen LogP) is -2.30. The number of carbonyl (C=O) groups excluding carboxylic acids is 2. The first-order chi connectivity index (χ1) is 10.5. The third-order valence-corrected chi connectivity index (χ3v) is 4.20. The first kappa shape index (κ1) is 17.5. The van der Waals surface area contributed by atoms with Crippen molar-refractivity contribution < 1.29 is 58.9 Å². The summed E-state index contributed by atoms with van der Waals surface area (Å²) in [6, 6.07) is 6.91. The summed E-state index contributed by atoms with van der Waals surface area (Å²) in [6.45, 7) is 0.151. The molecule has 1 aromatic carbocycles. The Morgan fingerprint density at radius 3 is 2.61 bits per heavy atom. The zero-order chi connectivity index (χ0) is 15.9. The monoisotopic (exact) mass is 341 g/mol. The van der Waals surface area contributed by atoms with Crippen molar-refractivity contribution in [3.05, 3.63) is 34.7 Å². The van der Waals surface area contributed by atoms with Gasteiger partial charge in [0.25, 0.3) is 5.91 Å². The molecule has 1 aliphatic rings. The van der Waals surface area contributed by atoms with Gasteiger partial charge in [0.1, 0.15) is 28.9 Å². The Balaban J connectivity index is 0.00000192. The van der Waals surface area contributed by atoms with Gasteiger partial charge in [-0.1, -0.05) is 18.2 Å². The van der Waals surface area contributed by atoms with Gasteiger partial charge in [-0.3, -0.25) is 4.79 Å². The van der Waals surface area contributed by atoms with Crippen LogP contribution in [0.1, 0.15) is 15.2 Å². The van der Waals surface area contributed by atoms with Gasteiger partial charge in [0, 0.05) is 11.1 Å². The summed E-state index contributed by atoms with van der Waals surface area (Å²) in [4.78, 5) is 34.0. The quantitative estimate of drug-likeness (QED) is 0.469. The SMILES string of the molecule is O=C([O-])C(=O)Nc1sc2c(c1C(=O)O)-c1ccccc1OC2.[Na+]. The molecule has 0 radical (unpaired) electrons. The maximum absolute atomic E-state index is 11.6. The number of amides is 1. The summed E-state index contributed by atoms with van der Waals surface area (Å²) in [5.74, 6) is -4.05. The van der Waals surface area contributed by atoms with Crippen LogP contribution < -0.4 is 44.7 Å². The number of benzene rings is 1. The predicted molar refractivity (Wildman–Crippen MR) is 74.7 cm³/mol. The average molecular weight is 341 g/mol. The molecule has 0 saturated heterocycles. The van der Waals surface area contributed by atoms with E-state index in [1.165, 1.54) is 0 Å². The Kier molecular flexibility index (Phi) is 5.10. The van der Waals surface area contributed by atoms with Crippen molar-refractivity contribution in [2.75, 3.05) is 5.32 Å². The number of aliphatic carboxylic acids is 1. The number of hydrogen-bond donors (Lipinski definition) is 2. The summed E-state index contributed by atoms with van der Waals surface area (Å²) in [7, 11) is 0. The van der Waals surface area contributed by atoms with Gasteiger partial charge in [-0.2, -0.15) is 0 Å². The number of carboxylic acid groups (broad SMARTS) is 2. The van der Waals surface area contributed by atoms with E-state index in [0.29, 0.717) is 21.8 Å². The van der Waals surface area contributed by atoms with E-state index in [0.717, 1.165) is 11.3 Å². The van der Waals surface area contributed by atoms with Gasteiger partial charge >= 0.3 is 35.5 Å². The summed E-state index contributed by atoms with van der Waals surface area (Å²) in [5, 5.41) is 22.0. The van der Waals surface area contributed by atoms with Crippen molar-refractivity contribution in [2.45, 2.75) is 6.61 Å². The molecule has 9 heteroatoms. The van der Waals surface area contributed by atoms with Crippen LogP contribution in [0.3, 0.4) is 0 Å². The van der Waals surface area contributed by atoms with Gasteiger partial charge in [-0.15, -0.1) is 11.3 Å². The van der Waals surface area contributed by atoms with Crippen LogP contribution in [0.15, 0.2) is 24.3 Å². The minimum absolute atomic E-state index is 0. The van der Waals surface area contributed by atoms with Crippen LogP contribution in [0.25, 0.3) is 11.1 Å². The number of anilines is 1. The number of carboxylic acids is 2. The Hall–Kier alpha value is -1.87. The number of para-hydroxylation sites is 1. The fraction of sp³-hybridized carbons (Fsp3) is 0.0714. The molecule has 0 spiro atoms. The molecular formula is C14H8NNaO6S. The molecular weight excluding hydrogens is 333 g/mol. The number of thiophene rings is 1. The maximum Gasteiger partial charge on any atom is 1.00 e. The van der Waals surface area contributed by atoms with Crippen LogP contribution in [0.5, 0.6) is 5.75 Å². The second-order valence-electron chi connectivity index (χ2n) is 4.44. The molecule has 0 saturated carbocycles. The van der Waals surface area contributed by atoms with E-state index in [4.69, 9.17) is 4.74 Å². The standard InChI is InChI=1S/C14H9NO6S.Na/c16-11(14(19)20)15-12-10(13(17)18)9-6-3-1-2-4-7(6)21-5-8(9)22-12;/h1-4H,5H2,(H,15,16)(H,17,18)(H,19,20);/q;+1/p-1. The van der Waals surface area contributed by atoms with Crippen LogP contribution in [0, 0.1) is 0 Å². The molecule has 2 heterocycles. The van der Waals surface area contributed by atoms with Crippen LogP contribution in [0.4, 0.5) is 5.00 Å². The summed E-state index contributed by atoms with van der Waals surface area (Å²) < 4.78 is 5.53. The van der Waals surface area contributed by atoms with Crippen LogP contribution in [0.2, 0.25) is 0 Å². The van der Waals surface area contributed by atoms with Crippen molar-refractivity contribution in [3.8, 4) is 16.9 Å². The van der Waals surface area contributed by atoms with E-state index >= 15 is 0 Å². The minimum atomic E-state index is -1.93. The molecule has 1 aromatic heterocycles. The first-order valence-corrected chi connectivity index (χ1v) is 6.94. The van der Waals surface area contributed by atoms with E-state index in [2.05, 4.69) is 5.32 Å². The summed E-state index contributed by atoms with van der Waals surface area (Å²) in [5.41, 5.74) is 0.879.